The standard InChI is InChI=1S/C25H31N3O5S/c1-15(2)20-19(23(31)33-4)26-24(34-20)27-21(29)18-16-9-5-6-10-17(16)22(30)28(13-14-32-3)25(18)11-7-8-12-25/h5-6,9-10,15,18H,7-8,11-14H2,1-4H3,(H,26,27,29)/t18-/m0/s1. The fraction of sp³-hybridized carbons (Fsp3) is 0.520. The van der Waals surface area contributed by atoms with E-state index in [-0.39, 0.29) is 23.4 Å². The molecule has 0 saturated heterocycles. The van der Waals surface area contributed by atoms with E-state index in [9.17, 15) is 14.4 Å². The van der Waals surface area contributed by atoms with E-state index >= 15 is 0 Å². The van der Waals surface area contributed by atoms with Gasteiger partial charge in [0.25, 0.3) is 5.91 Å². The fourth-order valence-electron chi connectivity index (χ4n) is 5.37. The molecule has 2 heterocycles. The summed E-state index contributed by atoms with van der Waals surface area (Å²) in [4.78, 5) is 46.7. The van der Waals surface area contributed by atoms with E-state index in [1.807, 2.05) is 36.9 Å². The van der Waals surface area contributed by atoms with Crippen molar-refractivity contribution in [1.29, 1.82) is 0 Å². The van der Waals surface area contributed by atoms with Crippen molar-refractivity contribution in [2.24, 2.45) is 0 Å². The van der Waals surface area contributed by atoms with Crippen molar-refractivity contribution in [3.63, 3.8) is 0 Å². The van der Waals surface area contributed by atoms with Gasteiger partial charge < -0.3 is 19.7 Å². The zero-order valence-corrected chi connectivity index (χ0v) is 20.9. The Hall–Kier alpha value is -2.78. The van der Waals surface area contributed by atoms with Crippen LogP contribution in [0.3, 0.4) is 0 Å². The maximum absolute atomic E-state index is 13.9. The molecule has 1 atom stereocenters. The number of amides is 2. The number of hydrogen-bond donors (Lipinski definition) is 1. The van der Waals surface area contributed by atoms with Gasteiger partial charge >= 0.3 is 5.97 Å². The number of anilines is 1. The molecular formula is C25H31N3O5S. The molecule has 4 rings (SSSR count). The molecule has 8 nitrogen and oxygen atoms in total. The summed E-state index contributed by atoms with van der Waals surface area (Å²) in [6, 6.07) is 7.36. The Kier molecular flexibility index (Phi) is 7.04. The summed E-state index contributed by atoms with van der Waals surface area (Å²) in [6.07, 6.45) is 3.39. The lowest BCUT2D eigenvalue weighted by Crippen LogP contribution is -2.60. The number of carbonyl (C=O) groups is 3. The molecule has 1 aromatic carbocycles. The zero-order valence-electron chi connectivity index (χ0n) is 20.1. The molecule has 1 saturated carbocycles. The lowest BCUT2D eigenvalue weighted by atomic mass is 9.71. The van der Waals surface area contributed by atoms with Crippen LogP contribution in [0.5, 0.6) is 0 Å². The second-order valence-electron chi connectivity index (χ2n) is 9.15. The van der Waals surface area contributed by atoms with Crippen LogP contribution in [0.4, 0.5) is 5.13 Å². The Labute approximate surface area is 203 Å². The first-order valence-electron chi connectivity index (χ1n) is 11.6. The van der Waals surface area contributed by atoms with Gasteiger partial charge in [0.15, 0.2) is 10.8 Å². The van der Waals surface area contributed by atoms with Gasteiger partial charge in [-0.1, -0.05) is 44.9 Å². The second-order valence-corrected chi connectivity index (χ2v) is 10.2. The topological polar surface area (TPSA) is 97.8 Å². The van der Waals surface area contributed by atoms with Gasteiger partial charge in [0.05, 0.1) is 25.2 Å². The van der Waals surface area contributed by atoms with Gasteiger partial charge in [-0.05, 0) is 30.4 Å². The Bertz CT molecular complexity index is 1090. The molecule has 9 heteroatoms. The van der Waals surface area contributed by atoms with Crippen molar-refractivity contribution in [2.75, 3.05) is 32.7 Å². The molecule has 1 fully saturated rings. The summed E-state index contributed by atoms with van der Waals surface area (Å²) < 4.78 is 10.2. The third kappa shape index (κ3) is 4.11. The van der Waals surface area contributed by atoms with Gasteiger partial charge in [-0.25, -0.2) is 9.78 Å². The second kappa shape index (κ2) is 9.84. The van der Waals surface area contributed by atoms with Crippen molar-refractivity contribution >= 4 is 34.3 Å². The van der Waals surface area contributed by atoms with Crippen LogP contribution in [-0.2, 0) is 14.3 Å². The SMILES string of the molecule is COCCN1C(=O)c2ccccc2[C@@H](C(=O)Nc2nc(C(=O)OC)c(C(C)C)s2)C12CCCC2. The highest BCUT2D eigenvalue weighted by Gasteiger charge is 2.55. The van der Waals surface area contributed by atoms with E-state index in [1.165, 1.54) is 18.4 Å². The number of nitrogens with one attached hydrogen (secondary N) is 1. The number of hydrogen-bond acceptors (Lipinski definition) is 7. The number of methoxy groups -OCH3 is 2. The number of carbonyl (C=O) groups excluding carboxylic acids is 3. The van der Waals surface area contributed by atoms with Gasteiger partial charge in [-0.15, -0.1) is 11.3 Å². The van der Waals surface area contributed by atoms with E-state index in [0.29, 0.717) is 23.8 Å². The van der Waals surface area contributed by atoms with Crippen LogP contribution in [0.15, 0.2) is 24.3 Å². The molecule has 1 aromatic heterocycles. The van der Waals surface area contributed by atoms with Crippen molar-refractivity contribution in [3.05, 3.63) is 46.0 Å². The molecule has 0 unspecified atom stereocenters. The molecule has 1 aliphatic carbocycles. The highest BCUT2D eigenvalue weighted by atomic mass is 32.1. The molecule has 2 aromatic rings. The van der Waals surface area contributed by atoms with Crippen LogP contribution in [0, 0.1) is 0 Å². The Morgan fingerprint density at radius 2 is 1.94 bits per heavy atom. The number of rotatable bonds is 7. The van der Waals surface area contributed by atoms with Crippen molar-refractivity contribution in [2.45, 2.75) is 56.9 Å². The first kappa shape index (κ1) is 24.3. The number of nitrogens with zero attached hydrogens (tertiary/aromatic N) is 2. The quantitative estimate of drug-likeness (QED) is 0.591. The van der Waals surface area contributed by atoms with Crippen LogP contribution in [0.25, 0.3) is 0 Å². The number of ether oxygens (including phenoxy) is 2. The molecule has 1 aliphatic heterocycles. The van der Waals surface area contributed by atoms with E-state index in [1.54, 1.807) is 13.2 Å². The van der Waals surface area contributed by atoms with Crippen LogP contribution in [0.1, 0.15) is 82.7 Å². The molecule has 2 aliphatic rings. The third-order valence-electron chi connectivity index (χ3n) is 6.86. The van der Waals surface area contributed by atoms with Crippen LogP contribution in [0.2, 0.25) is 0 Å². The monoisotopic (exact) mass is 485 g/mol. The van der Waals surface area contributed by atoms with Gasteiger partial charge in [0.2, 0.25) is 5.91 Å². The van der Waals surface area contributed by atoms with Crippen LogP contribution >= 0.6 is 11.3 Å². The largest absolute Gasteiger partial charge is 0.464 e. The average Bonchev–Trinajstić information content (AvgIpc) is 3.47. The fourth-order valence-corrected chi connectivity index (χ4v) is 6.33. The Morgan fingerprint density at radius 1 is 1.24 bits per heavy atom. The molecule has 1 spiro atoms. The molecule has 0 bridgehead atoms. The van der Waals surface area contributed by atoms with E-state index in [2.05, 4.69) is 10.3 Å². The van der Waals surface area contributed by atoms with Gasteiger partial charge in [-0.2, -0.15) is 0 Å². The van der Waals surface area contributed by atoms with E-state index in [4.69, 9.17) is 9.47 Å². The summed E-state index contributed by atoms with van der Waals surface area (Å²) >= 11 is 1.29. The first-order chi connectivity index (χ1) is 16.3. The predicted octanol–water partition coefficient (Wildman–Crippen LogP) is 4.19. The maximum atomic E-state index is 13.9. The number of thiazole rings is 1. The number of aromatic nitrogens is 1. The third-order valence-corrected chi connectivity index (χ3v) is 8.13. The summed E-state index contributed by atoms with van der Waals surface area (Å²) in [6.45, 7) is 4.76. The molecular weight excluding hydrogens is 454 g/mol. The first-order valence-corrected chi connectivity index (χ1v) is 12.5. The molecule has 2 amide bonds. The van der Waals surface area contributed by atoms with Gasteiger partial charge in [0, 0.05) is 24.1 Å². The molecule has 0 radical (unpaired) electrons. The maximum Gasteiger partial charge on any atom is 0.357 e. The number of esters is 1. The van der Waals surface area contributed by atoms with E-state index < -0.39 is 17.4 Å². The minimum atomic E-state index is -0.614. The Morgan fingerprint density at radius 3 is 2.59 bits per heavy atom. The van der Waals surface area contributed by atoms with Gasteiger partial charge in [0.1, 0.15) is 0 Å². The summed E-state index contributed by atoms with van der Waals surface area (Å²) in [5, 5.41) is 3.34. The summed E-state index contributed by atoms with van der Waals surface area (Å²) in [7, 11) is 2.93. The molecule has 1 N–H and O–H groups in total. The minimum absolute atomic E-state index is 0.0518. The van der Waals surface area contributed by atoms with Crippen molar-refractivity contribution in [1.82, 2.24) is 9.88 Å². The minimum Gasteiger partial charge on any atom is -0.464 e. The summed E-state index contributed by atoms with van der Waals surface area (Å²) in [5.74, 6) is -1.29. The normalized spacial score (nSPS) is 18.9. The summed E-state index contributed by atoms with van der Waals surface area (Å²) in [5.41, 5.74) is 0.912. The zero-order chi connectivity index (χ0) is 24.5. The average molecular weight is 486 g/mol. The van der Waals surface area contributed by atoms with Gasteiger partial charge in [-0.3, -0.25) is 9.59 Å². The Balaban J connectivity index is 1.75. The highest BCUT2D eigenvalue weighted by Crippen LogP contribution is 2.50. The molecule has 182 valence electrons. The van der Waals surface area contributed by atoms with Crippen LogP contribution < -0.4 is 5.32 Å². The van der Waals surface area contributed by atoms with E-state index in [0.717, 1.165) is 36.1 Å². The lowest BCUT2D eigenvalue weighted by molar-refractivity contribution is -0.121. The van der Waals surface area contributed by atoms with Crippen molar-refractivity contribution in [3.8, 4) is 0 Å². The molecule has 34 heavy (non-hydrogen) atoms. The van der Waals surface area contributed by atoms with Crippen LogP contribution in [-0.4, -0.2) is 60.6 Å². The number of benzene rings is 1. The lowest BCUT2D eigenvalue weighted by Gasteiger charge is -2.50. The smallest absolute Gasteiger partial charge is 0.357 e. The van der Waals surface area contributed by atoms with Crippen molar-refractivity contribution < 1.29 is 23.9 Å². The number of fused-ring (bicyclic) bond motifs is 1. The highest BCUT2D eigenvalue weighted by molar-refractivity contribution is 7.16. The predicted molar refractivity (Wildman–Crippen MR) is 129 cm³/mol.